The normalized spacial score (nSPS) is 29.1. The van der Waals surface area contributed by atoms with Crippen molar-refractivity contribution < 1.29 is 9.22 Å². The summed E-state index contributed by atoms with van der Waals surface area (Å²) >= 11 is 2.23. The lowest BCUT2D eigenvalue weighted by atomic mass is 10.1. The number of hydrogen-bond donors (Lipinski definition) is 0. The van der Waals surface area contributed by atoms with Crippen LogP contribution in [0.4, 0.5) is 0 Å². The minimum absolute atomic E-state index is 0.217. The van der Waals surface area contributed by atoms with Gasteiger partial charge in [0.2, 0.25) is 0 Å². The lowest BCUT2D eigenvalue weighted by Crippen LogP contribution is -2.43. The number of rotatable bonds is 2. The summed E-state index contributed by atoms with van der Waals surface area (Å²) in [6, 6.07) is 0. The SMILES string of the molecule is CC(C)(C)[Si](C)(C)O[C@@H]1CC[C@H]2CC(=O)C(I)=C21. The number of ketones is 1. The van der Waals surface area contributed by atoms with E-state index in [9.17, 15) is 4.79 Å². The van der Waals surface area contributed by atoms with E-state index in [2.05, 4.69) is 56.5 Å². The van der Waals surface area contributed by atoms with Crippen LogP contribution in [0.1, 0.15) is 40.0 Å². The first kappa shape index (κ1) is 14.7. The number of carbonyl (C=O) groups is 1. The Balaban J connectivity index is 2.20. The maximum Gasteiger partial charge on any atom is 0.192 e. The van der Waals surface area contributed by atoms with Gasteiger partial charge in [-0.05, 0) is 65.1 Å². The average Bonchev–Trinajstić information content (AvgIpc) is 2.69. The molecule has 0 saturated heterocycles. The van der Waals surface area contributed by atoms with Gasteiger partial charge in [0.25, 0.3) is 0 Å². The third kappa shape index (κ3) is 2.48. The van der Waals surface area contributed by atoms with Crippen LogP contribution in [-0.2, 0) is 9.22 Å². The summed E-state index contributed by atoms with van der Waals surface area (Å²) in [6.07, 6.45) is 3.18. The fourth-order valence-electron chi connectivity index (χ4n) is 2.59. The van der Waals surface area contributed by atoms with E-state index in [0.29, 0.717) is 11.7 Å². The number of Topliss-reactive ketones (excluding diaryl/α,β-unsaturated/α-hetero) is 1. The highest BCUT2D eigenvalue weighted by Gasteiger charge is 2.45. The van der Waals surface area contributed by atoms with Gasteiger partial charge < -0.3 is 4.43 Å². The van der Waals surface area contributed by atoms with Crippen LogP contribution in [0.25, 0.3) is 0 Å². The van der Waals surface area contributed by atoms with E-state index in [1.165, 1.54) is 5.57 Å². The Morgan fingerprint density at radius 2 is 1.89 bits per heavy atom. The first-order valence-corrected chi connectivity index (χ1v) is 10.7. The van der Waals surface area contributed by atoms with Gasteiger partial charge >= 0.3 is 0 Å². The Morgan fingerprint density at radius 3 is 2.44 bits per heavy atom. The minimum atomic E-state index is -1.73. The lowest BCUT2D eigenvalue weighted by molar-refractivity contribution is -0.114. The summed E-state index contributed by atoms with van der Waals surface area (Å²) in [4.78, 5) is 11.8. The van der Waals surface area contributed by atoms with Crippen LogP contribution in [-0.4, -0.2) is 20.2 Å². The van der Waals surface area contributed by atoms with Crippen molar-refractivity contribution in [3.05, 3.63) is 9.15 Å². The molecule has 102 valence electrons. The zero-order valence-corrected chi connectivity index (χ0v) is 15.1. The molecule has 2 rings (SSSR count). The van der Waals surface area contributed by atoms with E-state index in [0.717, 1.165) is 22.8 Å². The smallest absolute Gasteiger partial charge is 0.192 e. The molecule has 0 unspecified atom stereocenters. The van der Waals surface area contributed by atoms with Crippen molar-refractivity contribution in [2.75, 3.05) is 0 Å². The zero-order valence-electron chi connectivity index (χ0n) is 12.0. The second kappa shape index (κ2) is 4.70. The maximum atomic E-state index is 11.8. The number of allylic oxidation sites excluding steroid dienone is 1. The molecule has 18 heavy (non-hydrogen) atoms. The standard InChI is InChI=1S/C14H23IO2Si/c1-14(2,3)18(4,5)17-11-7-6-9-8-10(16)13(15)12(9)11/h9,11H,6-8H2,1-5H3/t9-,11+/m0/s1. The highest BCUT2D eigenvalue weighted by atomic mass is 127. The molecule has 0 aromatic rings. The summed E-state index contributed by atoms with van der Waals surface area (Å²) in [5.41, 5.74) is 1.32. The monoisotopic (exact) mass is 378 g/mol. The second-order valence-corrected chi connectivity index (χ2v) is 12.9. The molecule has 0 N–H and O–H groups in total. The molecule has 2 aliphatic rings. The van der Waals surface area contributed by atoms with E-state index >= 15 is 0 Å². The minimum Gasteiger partial charge on any atom is -0.410 e. The van der Waals surface area contributed by atoms with Crippen LogP contribution in [0.2, 0.25) is 18.1 Å². The molecule has 2 aliphatic carbocycles. The Kier molecular flexibility index (Phi) is 3.84. The molecular weight excluding hydrogens is 355 g/mol. The summed E-state index contributed by atoms with van der Waals surface area (Å²) in [6.45, 7) is 11.4. The topological polar surface area (TPSA) is 26.3 Å². The van der Waals surface area contributed by atoms with Gasteiger partial charge in [-0.3, -0.25) is 4.79 Å². The molecular formula is C14H23IO2Si. The van der Waals surface area contributed by atoms with Crippen molar-refractivity contribution in [1.29, 1.82) is 0 Å². The van der Waals surface area contributed by atoms with Gasteiger partial charge in [0.15, 0.2) is 14.1 Å². The van der Waals surface area contributed by atoms with Gasteiger partial charge in [-0.1, -0.05) is 20.8 Å². The van der Waals surface area contributed by atoms with Crippen molar-refractivity contribution in [2.45, 2.75) is 64.3 Å². The molecule has 2 atom stereocenters. The molecule has 1 fully saturated rings. The van der Waals surface area contributed by atoms with E-state index in [1.54, 1.807) is 0 Å². The van der Waals surface area contributed by atoms with E-state index < -0.39 is 8.32 Å². The molecule has 1 saturated carbocycles. The Morgan fingerprint density at radius 1 is 1.28 bits per heavy atom. The number of carbonyl (C=O) groups excluding carboxylic acids is 1. The van der Waals surface area contributed by atoms with E-state index in [-0.39, 0.29) is 11.1 Å². The van der Waals surface area contributed by atoms with E-state index in [4.69, 9.17) is 4.43 Å². The van der Waals surface area contributed by atoms with Crippen LogP contribution >= 0.6 is 22.6 Å². The lowest BCUT2D eigenvalue weighted by Gasteiger charge is -2.38. The van der Waals surface area contributed by atoms with Crippen LogP contribution in [0.15, 0.2) is 9.15 Å². The van der Waals surface area contributed by atoms with Gasteiger partial charge in [-0.25, -0.2) is 0 Å². The predicted octanol–water partition coefficient (Wildman–Crippen LogP) is 4.45. The highest BCUT2D eigenvalue weighted by molar-refractivity contribution is 14.1. The number of hydrogen-bond acceptors (Lipinski definition) is 2. The van der Waals surface area contributed by atoms with Crippen molar-refractivity contribution in [3.63, 3.8) is 0 Å². The molecule has 0 bridgehead atoms. The summed E-state index contributed by atoms with van der Waals surface area (Å²) in [5.74, 6) is 0.818. The Labute approximate surface area is 125 Å². The molecule has 0 heterocycles. The third-order valence-electron chi connectivity index (χ3n) is 4.74. The molecule has 0 aromatic heterocycles. The molecule has 0 aromatic carbocycles. The van der Waals surface area contributed by atoms with Crippen molar-refractivity contribution in [3.8, 4) is 0 Å². The van der Waals surface area contributed by atoms with Crippen LogP contribution < -0.4 is 0 Å². The zero-order chi connectivity index (χ0) is 13.7. The van der Waals surface area contributed by atoms with Gasteiger partial charge in [-0.15, -0.1) is 0 Å². The molecule has 0 amide bonds. The highest BCUT2D eigenvalue weighted by Crippen LogP contribution is 2.48. The summed E-state index contributed by atoms with van der Waals surface area (Å²) in [7, 11) is -1.73. The molecule has 2 nitrogen and oxygen atoms in total. The number of halogens is 1. The average molecular weight is 378 g/mol. The quantitative estimate of drug-likeness (QED) is 0.524. The molecule has 0 aliphatic heterocycles. The fraction of sp³-hybridized carbons (Fsp3) is 0.786. The fourth-order valence-corrected chi connectivity index (χ4v) is 4.91. The molecule has 0 radical (unpaired) electrons. The first-order chi connectivity index (χ1) is 8.13. The van der Waals surface area contributed by atoms with Crippen molar-refractivity contribution >= 4 is 36.7 Å². The van der Waals surface area contributed by atoms with Crippen LogP contribution in [0.5, 0.6) is 0 Å². The first-order valence-electron chi connectivity index (χ1n) is 6.74. The Hall–Kier alpha value is 0.317. The van der Waals surface area contributed by atoms with Gasteiger partial charge in [0.05, 0.1) is 9.68 Å². The number of fused-ring (bicyclic) bond motifs is 1. The maximum absolute atomic E-state index is 11.8. The van der Waals surface area contributed by atoms with Gasteiger partial charge in [0.1, 0.15) is 0 Å². The predicted molar refractivity (Wildman–Crippen MR) is 85.5 cm³/mol. The van der Waals surface area contributed by atoms with Gasteiger partial charge in [-0.2, -0.15) is 0 Å². The van der Waals surface area contributed by atoms with Crippen LogP contribution in [0.3, 0.4) is 0 Å². The largest absolute Gasteiger partial charge is 0.410 e. The third-order valence-corrected chi connectivity index (χ3v) is 10.4. The van der Waals surface area contributed by atoms with Crippen molar-refractivity contribution in [2.24, 2.45) is 5.92 Å². The molecule has 0 spiro atoms. The summed E-state index contributed by atoms with van der Waals surface area (Å²) in [5, 5.41) is 0.236. The second-order valence-electron chi connectivity index (χ2n) is 7.04. The Bertz CT molecular complexity index is 407. The van der Waals surface area contributed by atoms with Crippen molar-refractivity contribution in [1.82, 2.24) is 0 Å². The van der Waals surface area contributed by atoms with Gasteiger partial charge in [0, 0.05) is 6.42 Å². The molecule has 4 heteroatoms. The van der Waals surface area contributed by atoms with E-state index in [1.807, 2.05) is 0 Å². The van der Waals surface area contributed by atoms with Crippen LogP contribution in [0, 0.1) is 5.92 Å². The summed E-state index contributed by atoms with van der Waals surface area (Å²) < 4.78 is 7.49.